The molecule has 0 aliphatic carbocycles. The number of amides is 1. The highest BCUT2D eigenvalue weighted by atomic mass is 16.5. The van der Waals surface area contributed by atoms with Gasteiger partial charge in [-0.25, -0.2) is 4.79 Å². The van der Waals surface area contributed by atoms with E-state index in [4.69, 9.17) is 4.74 Å². The molecule has 0 aliphatic heterocycles. The first-order valence-electron chi connectivity index (χ1n) is 8.38. The van der Waals surface area contributed by atoms with Gasteiger partial charge in [-0.05, 0) is 38.0 Å². The van der Waals surface area contributed by atoms with Gasteiger partial charge in [-0.15, -0.1) is 10.2 Å². The number of carbonyl (C=O) groups is 2. The molecule has 0 spiro atoms. The second-order valence-electron chi connectivity index (χ2n) is 5.97. The Hall–Kier alpha value is -3.22. The van der Waals surface area contributed by atoms with Crippen LogP contribution < -0.4 is 5.32 Å². The van der Waals surface area contributed by atoms with E-state index in [0.717, 1.165) is 12.0 Å². The standard InChI is InChI=1S/C19H20N4O3/c1-13(18(24)20-11-10-15-6-4-3-5-7-15)26-19(25)16-8-9-17-22-21-14(2)23(17)12-16/h3-9,12-13H,10-11H2,1-2H3,(H,20,24). The van der Waals surface area contributed by atoms with E-state index in [9.17, 15) is 9.59 Å². The van der Waals surface area contributed by atoms with Crippen molar-refractivity contribution in [1.82, 2.24) is 19.9 Å². The van der Waals surface area contributed by atoms with Gasteiger partial charge < -0.3 is 10.1 Å². The van der Waals surface area contributed by atoms with Gasteiger partial charge in [-0.1, -0.05) is 30.3 Å². The summed E-state index contributed by atoms with van der Waals surface area (Å²) in [5.74, 6) is -0.220. The summed E-state index contributed by atoms with van der Waals surface area (Å²) < 4.78 is 6.96. The topological polar surface area (TPSA) is 85.6 Å². The van der Waals surface area contributed by atoms with Crippen molar-refractivity contribution in [3.05, 3.63) is 65.6 Å². The number of carbonyl (C=O) groups excluding carboxylic acids is 2. The molecule has 1 atom stereocenters. The molecular formula is C19H20N4O3. The fraction of sp³-hybridized carbons (Fsp3) is 0.263. The third-order valence-corrected chi connectivity index (χ3v) is 4.02. The van der Waals surface area contributed by atoms with Crippen molar-refractivity contribution >= 4 is 17.5 Å². The number of hydrogen-bond acceptors (Lipinski definition) is 5. The minimum atomic E-state index is -0.879. The van der Waals surface area contributed by atoms with Crippen LogP contribution in [0.15, 0.2) is 48.7 Å². The lowest BCUT2D eigenvalue weighted by atomic mass is 10.1. The number of aryl methyl sites for hydroxylation is 1. The van der Waals surface area contributed by atoms with Crippen molar-refractivity contribution in [3.63, 3.8) is 0 Å². The zero-order valence-corrected chi connectivity index (χ0v) is 14.7. The Morgan fingerprint density at radius 2 is 1.92 bits per heavy atom. The molecule has 7 heteroatoms. The lowest BCUT2D eigenvalue weighted by Gasteiger charge is -2.13. The van der Waals surface area contributed by atoms with Gasteiger partial charge in [0.25, 0.3) is 5.91 Å². The van der Waals surface area contributed by atoms with Crippen molar-refractivity contribution in [2.24, 2.45) is 0 Å². The van der Waals surface area contributed by atoms with Gasteiger partial charge in [-0.3, -0.25) is 9.20 Å². The van der Waals surface area contributed by atoms with E-state index in [0.29, 0.717) is 23.6 Å². The van der Waals surface area contributed by atoms with Crippen LogP contribution >= 0.6 is 0 Å². The molecule has 1 unspecified atom stereocenters. The summed E-state index contributed by atoms with van der Waals surface area (Å²) in [6.07, 6.45) is 1.44. The predicted molar refractivity (Wildman–Crippen MR) is 95.8 cm³/mol. The van der Waals surface area contributed by atoms with Crippen molar-refractivity contribution in [2.75, 3.05) is 6.54 Å². The Kier molecular flexibility index (Phi) is 5.26. The highest BCUT2D eigenvalue weighted by Gasteiger charge is 2.19. The maximum Gasteiger partial charge on any atom is 0.340 e. The number of nitrogens with zero attached hydrogens (tertiary/aromatic N) is 3. The van der Waals surface area contributed by atoms with Gasteiger partial charge in [0.2, 0.25) is 0 Å². The zero-order valence-electron chi connectivity index (χ0n) is 14.7. The quantitative estimate of drug-likeness (QED) is 0.685. The maximum atomic E-state index is 12.3. The molecule has 7 nitrogen and oxygen atoms in total. The lowest BCUT2D eigenvalue weighted by Crippen LogP contribution is -2.36. The van der Waals surface area contributed by atoms with Gasteiger partial charge in [0, 0.05) is 12.7 Å². The molecule has 0 saturated carbocycles. The maximum absolute atomic E-state index is 12.3. The Balaban J connectivity index is 1.54. The lowest BCUT2D eigenvalue weighted by molar-refractivity contribution is -0.129. The number of ether oxygens (including phenoxy) is 1. The normalized spacial score (nSPS) is 11.9. The summed E-state index contributed by atoms with van der Waals surface area (Å²) in [4.78, 5) is 24.4. The molecule has 0 radical (unpaired) electrons. The molecular weight excluding hydrogens is 332 g/mol. The van der Waals surface area contributed by atoms with Crippen LogP contribution in [0.2, 0.25) is 0 Å². The SMILES string of the molecule is Cc1nnc2ccc(C(=O)OC(C)C(=O)NCCc3ccccc3)cn12. The van der Waals surface area contributed by atoms with Crippen LogP contribution in [0.5, 0.6) is 0 Å². The van der Waals surface area contributed by atoms with E-state index < -0.39 is 12.1 Å². The number of aromatic nitrogens is 3. The number of esters is 1. The molecule has 2 heterocycles. The molecule has 0 saturated heterocycles. The molecule has 26 heavy (non-hydrogen) atoms. The first-order chi connectivity index (χ1) is 12.5. The van der Waals surface area contributed by atoms with E-state index in [1.165, 1.54) is 0 Å². The van der Waals surface area contributed by atoms with Gasteiger partial charge in [0.15, 0.2) is 11.8 Å². The third-order valence-electron chi connectivity index (χ3n) is 4.02. The molecule has 1 N–H and O–H groups in total. The summed E-state index contributed by atoms with van der Waals surface area (Å²) in [7, 11) is 0. The van der Waals surface area contributed by atoms with Crippen LogP contribution in [0.1, 0.15) is 28.7 Å². The Bertz CT molecular complexity index is 921. The number of rotatable bonds is 6. The molecule has 0 bridgehead atoms. The van der Waals surface area contributed by atoms with Crippen LogP contribution in [0.25, 0.3) is 5.65 Å². The number of fused-ring (bicyclic) bond motifs is 1. The minimum Gasteiger partial charge on any atom is -0.449 e. The molecule has 1 aromatic carbocycles. The summed E-state index contributed by atoms with van der Waals surface area (Å²) in [5, 5.41) is 10.7. The van der Waals surface area contributed by atoms with Crippen molar-refractivity contribution < 1.29 is 14.3 Å². The Labute approximate surface area is 151 Å². The summed E-state index contributed by atoms with van der Waals surface area (Å²) >= 11 is 0. The monoisotopic (exact) mass is 352 g/mol. The van der Waals surface area contributed by atoms with Gasteiger partial charge in [-0.2, -0.15) is 0 Å². The first kappa shape index (κ1) is 17.6. The highest BCUT2D eigenvalue weighted by molar-refractivity contribution is 5.92. The zero-order chi connectivity index (χ0) is 18.5. The molecule has 3 rings (SSSR count). The average Bonchev–Trinajstić information content (AvgIpc) is 3.03. The second-order valence-corrected chi connectivity index (χ2v) is 5.97. The molecule has 3 aromatic rings. The van der Waals surface area contributed by atoms with Crippen LogP contribution in [-0.4, -0.2) is 39.1 Å². The predicted octanol–water partition coefficient (Wildman–Crippen LogP) is 1.94. The average molecular weight is 352 g/mol. The third kappa shape index (κ3) is 4.05. The largest absolute Gasteiger partial charge is 0.449 e. The van der Waals surface area contributed by atoms with Crippen molar-refractivity contribution in [2.45, 2.75) is 26.4 Å². The minimum absolute atomic E-state index is 0.323. The highest BCUT2D eigenvalue weighted by Crippen LogP contribution is 2.09. The number of nitrogens with one attached hydrogen (secondary N) is 1. The molecule has 0 fully saturated rings. The fourth-order valence-electron chi connectivity index (χ4n) is 2.53. The summed E-state index contributed by atoms with van der Waals surface area (Å²) in [5.41, 5.74) is 2.12. The van der Waals surface area contributed by atoms with Gasteiger partial charge in [0.1, 0.15) is 5.82 Å². The molecule has 134 valence electrons. The number of benzene rings is 1. The van der Waals surface area contributed by atoms with Crippen LogP contribution in [-0.2, 0) is 16.0 Å². The first-order valence-corrected chi connectivity index (χ1v) is 8.38. The van der Waals surface area contributed by atoms with Crippen LogP contribution in [0, 0.1) is 6.92 Å². The Morgan fingerprint density at radius 3 is 2.69 bits per heavy atom. The van der Waals surface area contributed by atoms with E-state index >= 15 is 0 Å². The van der Waals surface area contributed by atoms with E-state index in [1.807, 2.05) is 30.3 Å². The van der Waals surface area contributed by atoms with Gasteiger partial charge in [0.05, 0.1) is 5.56 Å². The molecule has 0 aliphatic rings. The van der Waals surface area contributed by atoms with Crippen molar-refractivity contribution in [3.8, 4) is 0 Å². The molecule has 1 amide bonds. The van der Waals surface area contributed by atoms with E-state index in [2.05, 4.69) is 15.5 Å². The van der Waals surface area contributed by atoms with Crippen molar-refractivity contribution in [1.29, 1.82) is 0 Å². The summed E-state index contributed by atoms with van der Waals surface area (Å²) in [6, 6.07) is 13.1. The molecule has 2 aromatic heterocycles. The van der Waals surface area contributed by atoms with Crippen LogP contribution in [0.4, 0.5) is 0 Å². The van der Waals surface area contributed by atoms with E-state index in [-0.39, 0.29) is 5.91 Å². The smallest absolute Gasteiger partial charge is 0.340 e. The summed E-state index contributed by atoms with van der Waals surface area (Å²) in [6.45, 7) is 3.83. The number of pyridine rings is 1. The number of hydrogen-bond donors (Lipinski definition) is 1. The fourth-order valence-corrected chi connectivity index (χ4v) is 2.53. The van der Waals surface area contributed by atoms with Gasteiger partial charge >= 0.3 is 5.97 Å². The Morgan fingerprint density at radius 1 is 1.15 bits per heavy atom. The van der Waals surface area contributed by atoms with E-state index in [1.54, 1.807) is 36.6 Å². The second kappa shape index (κ2) is 7.77. The van der Waals surface area contributed by atoms with Crippen LogP contribution in [0.3, 0.4) is 0 Å².